The number of sulfonamides is 1. The van der Waals surface area contributed by atoms with Gasteiger partial charge in [-0.1, -0.05) is 18.2 Å². The van der Waals surface area contributed by atoms with E-state index in [0.29, 0.717) is 5.69 Å². The predicted octanol–water partition coefficient (Wildman–Crippen LogP) is 3.94. The maximum Gasteiger partial charge on any atom is 0.235 e. The molecule has 0 saturated carbocycles. The van der Waals surface area contributed by atoms with Crippen molar-refractivity contribution in [2.45, 2.75) is 44.9 Å². The molecule has 1 aliphatic carbocycles. The van der Waals surface area contributed by atoms with Crippen LogP contribution in [0.3, 0.4) is 0 Å². The van der Waals surface area contributed by atoms with Gasteiger partial charge in [-0.25, -0.2) is 8.42 Å². The van der Waals surface area contributed by atoms with Gasteiger partial charge in [-0.2, -0.15) is 0 Å². The minimum absolute atomic E-state index is 0.446. The Morgan fingerprint density at radius 3 is 2.33 bits per heavy atom. The summed E-state index contributed by atoms with van der Waals surface area (Å²) in [6.07, 6.45) is 3.63. The van der Waals surface area contributed by atoms with E-state index in [-0.39, 0.29) is 0 Å². The lowest BCUT2D eigenvalue weighted by atomic mass is 10.1. The first-order chi connectivity index (χ1) is 11.4. The van der Waals surface area contributed by atoms with Crippen LogP contribution >= 0.6 is 0 Å². The number of anilines is 2. The Kier molecular flexibility index (Phi) is 4.81. The highest BCUT2D eigenvalue weighted by molar-refractivity contribution is 7.93. The zero-order chi connectivity index (χ0) is 17.2. The fraction of sp³-hybridized carbons (Fsp3) is 0.368. The van der Waals surface area contributed by atoms with Gasteiger partial charge in [0, 0.05) is 17.9 Å². The first kappa shape index (κ1) is 16.8. The lowest BCUT2D eigenvalue weighted by Gasteiger charge is -2.12. The summed E-state index contributed by atoms with van der Waals surface area (Å²) >= 11 is 0. The summed E-state index contributed by atoms with van der Waals surface area (Å²) in [5.74, 6) is 0. The van der Waals surface area contributed by atoms with Gasteiger partial charge in [-0.15, -0.1) is 0 Å². The molecule has 4 nitrogen and oxygen atoms in total. The van der Waals surface area contributed by atoms with E-state index in [1.807, 2.05) is 12.1 Å². The van der Waals surface area contributed by atoms with Gasteiger partial charge in [-0.3, -0.25) is 4.72 Å². The van der Waals surface area contributed by atoms with E-state index >= 15 is 0 Å². The van der Waals surface area contributed by atoms with Gasteiger partial charge in [0.15, 0.2) is 0 Å². The van der Waals surface area contributed by atoms with Crippen molar-refractivity contribution in [2.75, 3.05) is 10.0 Å². The lowest BCUT2D eigenvalue weighted by molar-refractivity contribution is 0.593. The maximum absolute atomic E-state index is 11.9. The van der Waals surface area contributed by atoms with Crippen molar-refractivity contribution in [2.24, 2.45) is 0 Å². The molecule has 2 aromatic rings. The molecule has 0 spiro atoms. The first-order valence-electron chi connectivity index (χ1n) is 8.40. The molecule has 0 bridgehead atoms. The number of rotatable bonds is 6. The second-order valence-corrected chi connectivity index (χ2v) is 8.82. The van der Waals surface area contributed by atoms with Crippen LogP contribution in [0, 0.1) is 0 Å². The molecule has 0 radical (unpaired) electrons. The highest BCUT2D eigenvalue weighted by atomic mass is 32.2. The molecule has 0 aromatic heterocycles. The fourth-order valence-corrected chi connectivity index (χ4v) is 3.56. The standard InChI is InChI=1S/C19H24N2O2S/c1-14(2)24(22,23)21-18-9-6-15(7-10-18)13-20-19-11-8-16-4-3-5-17(16)12-19/h6-12,14,20-21H,3-5,13H2,1-2H3. The van der Waals surface area contributed by atoms with Crippen LogP contribution in [-0.4, -0.2) is 13.7 Å². The van der Waals surface area contributed by atoms with Gasteiger partial charge in [0.25, 0.3) is 0 Å². The molecule has 0 unspecified atom stereocenters. The predicted molar refractivity (Wildman–Crippen MR) is 99.9 cm³/mol. The number of nitrogens with one attached hydrogen (secondary N) is 2. The van der Waals surface area contributed by atoms with Crippen LogP contribution < -0.4 is 10.0 Å². The molecule has 2 aromatic carbocycles. The third kappa shape index (κ3) is 3.90. The zero-order valence-corrected chi connectivity index (χ0v) is 15.0. The van der Waals surface area contributed by atoms with Crippen molar-refractivity contribution in [3.8, 4) is 0 Å². The Hall–Kier alpha value is -2.01. The van der Waals surface area contributed by atoms with Crippen molar-refractivity contribution in [1.82, 2.24) is 0 Å². The molecule has 24 heavy (non-hydrogen) atoms. The summed E-state index contributed by atoms with van der Waals surface area (Å²) in [6.45, 7) is 4.05. The Labute approximate surface area is 144 Å². The van der Waals surface area contributed by atoms with Crippen molar-refractivity contribution in [1.29, 1.82) is 0 Å². The van der Waals surface area contributed by atoms with Crippen LogP contribution in [-0.2, 0) is 29.4 Å². The van der Waals surface area contributed by atoms with E-state index in [1.54, 1.807) is 26.0 Å². The average molecular weight is 344 g/mol. The molecule has 0 saturated heterocycles. The fourth-order valence-electron chi connectivity index (χ4n) is 2.86. The summed E-state index contributed by atoms with van der Waals surface area (Å²) in [5.41, 5.74) is 5.79. The van der Waals surface area contributed by atoms with Crippen molar-refractivity contribution in [3.63, 3.8) is 0 Å². The number of aryl methyl sites for hydroxylation is 2. The Morgan fingerprint density at radius 1 is 0.958 bits per heavy atom. The molecule has 1 aliphatic rings. The van der Waals surface area contributed by atoms with E-state index in [1.165, 1.54) is 30.4 Å². The van der Waals surface area contributed by atoms with Crippen molar-refractivity contribution < 1.29 is 8.42 Å². The van der Waals surface area contributed by atoms with Crippen molar-refractivity contribution in [3.05, 3.63) is 59.2 Å². The van der Waals surface area contributed by atoms with Crippen LogP contribution in [0.5, 0.6) is 0 Å². The molecule has 2 N–H and O–H groups in total. The number of hydrogen-bond donors (Lipinski definition) is 2. The molecule has 3 rings (SSSR count). The van der Waals surface area contributed by atoms with E-state index in [9.17, 15) is 8.42 Å². The average Bonchev–Trinajstić information content (AvgIpc) is 3.01. The molecule has 0 aliphatic heterocycles. The monoisotopic (exact) mass is 344 g/mol. The van der Waals surface area contributed by atoms with Crippen LogP contribution in [0.25, 0.3) is 0 Å². The smallest absolute Gasteiger partial charge is 0.235 e. The van der Waals surface area contributed by atoms with Gasteiger partial charge in [0.1, 0.15) is 0 Å². The van der Waals surface area contributed by atoms with Crippen LogP contribution in [0.2, 0.25) is 0 Å². The molecule has 0 fully saturated rings. The van der Waals surface area contributed by atoms with E-state index in [4.69, 9.17) is 0 Å². The van der Waals surface area contributed by atoms with E-state index in [2.05, 4.69) is 28.2 Å². The second-order valence-electron chi connectivity index (χ2n) is 6.58. The minimum Gasteiger partial charge on any atom is -0.381 e. The molecule has 0 amide bonds. The summed E-state index contributed by atoms with van der Waals surface area (Å²) in [4.78, 5) is 0. The summed E-state index contributed by atoms with van der Waals surface area (Å²) in [7, 11) is -3.29. The highest BCUT2D eigenvalue weighted by Crippen LogP contribution is 2.25. The quantitative estimate of drug-likeness (QED) is 0.834. The SMILES string of the molecule is CC(C)S(=O)(=O)Nc1ccc(CNc2ccc3c(c2)CCC3)cc1. The van der Waals surface area contributed by atoms with E-state index < -0.39 is 15.3 Å². The van der Waals surface area contributed by atoms with Gasteiger partial charge in [0.05, 0.1) is 5.25 Å². The lowest BCUT2D eigenvalue weighted by Crippen LogP contribution is -2.22. The second kappa shape index (κ2) is 6.85. The highest BCUT2D eigenvalue weighted by Gasteiger charge is 2.15. The molecule has 0 atom stereocenters. The first-order valence-corrected chi connectivity index (χ1v) is 9.95. The van der Waals surface area contributed by atoms with Gasteiger partial charge < -0.3 is 5.32 Å². The summed E-state index contributed by atoms with van der Waals surface area (Å²) < 4.78 is 26.3. The minimum atomic E-state index is -3.29. The number of benzene rings is 2. The number of hydrogen-bond acceptors (Lipinski definition) is 3. The number of fused-ring (bicyclic) bond motifs is 1. The molecule has 5 heteroatoms. The third-order valence-electron chi connectivity index (χ3n) is 4.43. The molecule has 128 valence electrons. The van der Waals surface area contributed by atoms with Gasteiger partial charge in [-0.05, 0) is 74.1 Å². The Bertz CT molecular complexity index is 812. The van der Waals surface area contributed by atoms with Gasteiger partial charge >= 0.3 is 0 Å². The molecular formula is C19H24N2O2S. The van der Waals surface area contributed by atoms with Crippen LogP contribution in [0.15, 0.2) is 42.5 Å². The summed E-state index contributed by atoms with van der Waals surface area (Å²) in [5, 5.41) is 2.99. The molecular weight excluding hydrogens is 320 g/mol. The Balaban J connectivity index is 1.60. The third-order valence-corrected chi connectivity index (χ3v) is 6.19. The van der Waals surface area contributed by atoms with Crippen LogP contribution in [0.1, 0.15) is 37.0 Å². The summed E-state index contributed by atoms with van der Waals surface area (Å²) in [6, 6.07) is 14.1. The Morgan fingerprint density at radius 2 is 1.62 bits per heavy atom. The molecule has 0 heterocycles. The van der Waals surface area contributed by atoms with Crippen molar-refractivity contribution >= 4 is 21.4 Å². The largest absolute Gasteiger partial charge is 0.381 e. The van der Waals surface area contributed by atoms with E-state index in [0.717, 1.165) is 17.8 Å². The maximum atomic E-state index is 11.9. The zero-order valence-electron chi connectivity index (χ0n) is 14.2. The van der Waals surface area contributed by atoms with Crippen LogP contribution in [0.4, 0.5) is 11.4 Å². The topological polar surface area (TPSA) is 58.2 Å². The van der Waals surface area contributed by atoms with Gasteiger partial charge in [0.2, 0.25) is 10.0 Å². The normalized spacial score (nSPS) is 13.8.